The summed E-state index contributed by atoms with van der Waals surface area (Å²) in [6, 6.07) is 7.13. The molecule has 1 aromatic rings. The summed E-state index contributed by atoms with van der Waals surface area (Å²) in [7, 11) is 2.86. The number of ketones is 1. The minimum absolute atomic E-state index is 0.0438. The lowest BCUT2D eigenvalue weighted by Crippen LogP contribution is -2.18. The van der Waals surface area contributed by atoms with Crippen molar-refractivity contribution in [1.82, 2.24) is 0 Å². The van der Waals surface area contributed by atoms with Gasteiger partial charge in [0.25, 0.3) is 0 Å². The third-order valence-corrected chi connectivity index (χ3v) is 3.76. The van der Waals surface area contributed by atoms with Gasteiger partial charge in [-0.2, -0.15) is 0 Å². The fraction of sp³-hybridized carbons (Fsp3) is 0.263. The molecule has 0 bridgehead atoms. The molecule has 0 unspecified atom stereocenters. The number of allylic oxidation sites excluding steroid dienone is 4. The number of esters is 1. The molecular weight excluding hydrogens is 292 g/mol. The molecule has 0 N–H and O–H groups in total. The summed E-state index contributed by atoms with van der Waals surface area (Å²) in [6.45, 7) is 1.88. The minimum Gasteiger partial charge on any atom is -0.497 e. The van der Waals surface area contributed by atoms with Crippen LogP contribution in [0.3, 0.4) is 0 Å². The van der Waals surface area contributed by atoms with E-state index in [1.165, 1.54) is 7.11 Å². The van der Waals surface area contributed by atoms with Crippen LogP contribution in [0.25, 0.3) is 6.08 Å². The first-order chi connectivity index (χ1) is 11.1. The number of carbonyl (C=O) groups excluding carboxylic acids is 2. The molecule has 0 fully saturated rings. The third-order valence-electron chi connectivity index (χ3n) is 3.76. The topological polar surface area (TPSA) is 52.6 Å². The lowest BCUT2D eigenvalue weighted by molar-refractivity contribution is -0.137. The molecule has 0 saturated heterocycles. The van der Waals surface area contributed by atoms with Gasteiger partial charge < -0.3 is 9.47 Å². The van der Waals surface area contributed by atoms with E-state index in [9.17, 15) is 9.59 Å². The summed E-state index contributed by atoms with van der Waals surface area (Å²) in [6.07, 6.45) is 6.94. The van der Waals surface area contributed by atoms with E-state index in [1.807, 2.05) is 19.1 Å². The van der Waals surface area contributed by atoms with Crippen LogP contribution in [-0.4, -0.2) is 26.0 Å². The van der Waals surface area contributed by atoms with Crippen molar-refractivity contribution in [2.75, 3.05) is 14.2 Å². The zero-order valence-corrected chi connectivity index (χ0v) is 13.6. The number of carbonyl (C=O) groups is 2. The SMILES string of the molecule is COC(=O)/C(=C\c1ccc(OC)cc1)C(=O)C1=C(C)C=CCC1. The lowest BCUT2D eigenvalue weighted by atomic mass is 9.91. The smallest absolute Gasteiger partial charge is 0.341 e. The summed E-state index contributed by atoms with van der Waals surface area (Å²) < 4.78 is 9.89. The van der Waals surface area contributed by atoms with Gasteiger partial charge in [-0.05, 0) is 49.1 Å². The average Bonchev–Trinajstić information content (AvgIpc) is 2.59. The molecule has 120 valence electrons. The predicted octanol–water partition coefficient (Wildman–Crippen LogP) is 3.49. The fourth-order valence-corrected chi connectivity index (χ4v) is 2.43. The van der Waals surface area contributed by atoms with Gasteiger partial charge in [0, 0.05) is 5.57 Å². The second kappa shape index (κ2) is 7.58. The van der Waals surface area contributed by atoms with Gasteiger partial charge >= 0.3 is 5.97 Å². The normalized spacial score (nSPS) is 14.7. The second-order valence-corrected chi connectivity index (χ2v) is 5.25. The van der Waals surface area contributed by atoms with E-state index < -0.39 is 5.97 Å². The van der Waals surface area contributed by atoms with Crippen molar-refractivity contribution in [2.24, 2.45) is 0 Å². The number of methoxy groups -OCH3 is 2. The van der Waals surface area contributed by atoms with Gasteiger partial charge in [0.05, 0.1) is 14.2 Å². The maximum atomic E-state index is 12.8. The van der Waals surface area contributed by atoms with Crippen molar-refractivity contribution < 1.29 is 19.1 Å². The van der Waals surface area contributed by atoms with Gasteiger partial charge in [0.2, 0.25) is 0 Å². The molecule has 0 aromatic heterocycles. The highest BCUT2D eigenvalue weighted by molar-refractivity contribution is 6.27. The number of rotatable bonds is 5. The molecule has 0 aliphatic heterocycles. The second-order valence-electron chi connectivity index (χ2n) is 5.25. The van der Waals surface area contributed by atoms with E-state index in [0.29, 0.717) is 17.7 Å². The Balaban J connectivity index is 2.40. The first-order valence-electron chi connectivity index (χ1n) is 7.42. The Morgan fingerprint density at radius 1 is 1.13 bits per heavy atom. The van der Waals surface area contributed by atoms with E-state index in [1.54, 1.807) is 37.5 Å². The van der Waals surface area contributed by atoms with Gasteiger partial charge in [0.1, 0.15) is 11.3 Å². The third kappa shape index (κ3) is 3.97. The Morgan fingerprint density at radius 3 is 2.39 bits per heavy atom. The van der Waals surface area contributed by atoms with Crippen LogP contribution in [0.1, 0.15) is 25.3 Å². The Labute approximate surface area is 136 Å². The number of ether oxygens (including phenoxy) is 2. The van der Waals surface area contributed by atoms with E-state index in [0.717, 1.165) is 17.6 Å². The molecule has 1 aliphatic carbocycles. The van der Waals surface area contributed by atoms with Crippen LogP contribution in [0, 0.1) is 0 Å². The van der Waals surface area contributed by atoms with E-state index in [2.05, 4.69) is 0 Å². The zero-order valence-electron chi connectivity index (χ0n) is 13.6. The van der Waals surface area contributed by atoms with Crippen LogP contribution in [0.4, 0.5) is 0 Å². The predicted molar refractivity (Wildman–Crippen MR) is 89.1 cm³/mol. The first kappa shape index (κ1) is 16.7. The number of hydrogen-bond acceptors (Lipinski definition) is 4. The van der Waals surface area contributed by atoms with Gasteiger partial charge in [-0.3, -0.25) is 4.79 Å². The molecule has 2 rings (SSSR count). The monoisotopic (exact) mass is 312 g/mol. The minimum atomic E-state index is -0.624. The van der Waals surface area contributed by atoms with Crippen LogP contribution in [0.5, 0.6) is 5.75 Å². The molecular formula is C19H20O4. The molecule has 1 aromatic carbocycles. The van der Waals surface area contributed by atoms with E-state index in [4.69, 9.17) is 9.47 Å². The standard InChI is InChI=1S/C19H20O4/c1-13-6-4-5-7-16(13)18(20)17(19(21)23-3)12-14-8-10-15(22-2)11-9-14/h4,6,8-12H,5,7H2,1-3H3/b17-12-. The summed E-state index contributed by atoms with van der Waals surface area (Å²) in [5, 5.41) is 0. The van der Waals surface area contributed by atoms with E-state index in [-0.39, 0.29) is 11.4 Å². The highest BCUT2D eigenvalue weighted by atomic mass is 16.5. The Kier molecular flexibility index (Phi) is 5.52. The van der Waals surface area contributed by atoms with Crippen LogP contribution in [0.2, 0.25) is 0 Å². The molecule has 23 heavy (non-hydrogen) atoms. The quantitative estimate of drug-likeness (QED) is 0.361. The Morgan fingerprint density at radius 2 is 1.83 bits per heavy atom. The maximum Gasteiger partial charge on any atom is 0.341 e. The van der Waals surface area contributed by atoms with Gasteiger partial charge in [-0.15, -0.1) is 0 Å². The van der Waals surface area contributed by atoms with E-state index >= 15 is 0 Å². The number of hydrogen-bond donors (Lipinski definition) is 0. The van der Waals surface area contributed by atoms with Crippen molar-refractivity contribution in [3.8, 4) is 5.75 Å². The Hall–Kier alpha value is -2.62. The van der Waals surface area contributed by atoms with Crippen molar-refractivity contribution in [3.05, 3.63) is 58.7 Å². The van der Waals surface area contributed by atoms with Crippen LogP contribution >= 0.6 is 0 Å². The molecule has 0 amide bonds. The highest BCUT2D eigenvalue weighted by Crippen LogP contribution is 2.24. The Bertz CT molecular complexity index is 691. The molecule has 0 radical (unpaired) electrons. The van der Waals surface area contributed by atoms with Crippen molar-refractivity contribution in [3.63, 3.8) is 0 Å². The summed E-state index contributed by atoms with van der Waals surface area (Å²) >= 11 is 0. The largest absolute Gasteiger partial charge is 0.497 e. The van der Waals surface area contributed by atoms with Crippen LogP contribution in [0.15, 0.2) is 53.1 Å². The molecule has 0 spiro atoms. The molecule has 0 saturated carbocycles. The lowest BCUT2D eigenvalue weighted by Gasteiger charge is -2.13. The maximum absolute atomic E-state index is 12.8. The van der Waals surface area contributed by atoms with Crippen LogP contribution in [-0.2, 0) is 14.3 Å². The van der Waals surface area contributed by atoms with Crippen molar-refractivity contribution in [1.29, 1.82) is 0 Å². The van der Waals surface area contributed by atoms with Gasteiger partial charge in [-0.1, -0.05) is 24.3 Å². The van der Waals surface area contributed by atoms with Gasteiger partial charge in [-0.25, -0.2) is 4.79 Å². The zero-order chi connectivity index (χ0) is 16.8. The van der Waals surface area contributed by atoms with Gasteiger partial charge in [0.15, 0.2) is 5.78 Å². The average molecular weight is 312 g/mol. The molecule has 0 atom stereocenters. The summed E-state index contributed by atoms with van der Waals surface area (Å²) in [4.78, 5) is 24.8. The molecule has 4 nitrogen and oxygen atoms in total. The molecule has 1 aliphatic rings. The fourth-order valence-electron chi connectivity index (χ4n) is 2.43. The first-order valence-corrected chi connectivity index (χ1v) is 7.42. The van der Waals surface area contributed by atoms with Crippen LogP contribution < -0.4 is 4.74 Å². The summed E-state index contributed by atoms with van der Waals surface area (Å²) in [5.41, 5.74) is 2.34. The number of benzene rings is 1. The summed E-state index contributed by atoms with van der Waals surface area (Å²) in [5.74, 6) is -0.181. The van der Waals surface area contributed by atoms with Crippen molar-refractivity contribution >= 4 is 17.8 Å². The highest BCUT2D eigenvalue weighted by Gasteiger charge is 2.24. The molecule has 0 heterocycles. The van der Waals surface area contributed by atoms with Crippen molar-refractivity contribution in [2.45, 2.75) is 19.8 Å². The molecule has 4 heteroatoms. The number of Topliss-reactive ketones (excluding diaryl/α,β-unsaturated/α-hetero) is 1.